The maximum absolute atomic E-state index is 12.8. The van der Waals surface area contributed by atoms with Crippen molar-refractivity contribution in [1.82, 2.24) is 33.9 Å². The lowest BCUT2D eigenvalue weighted by atomic mass is 10.3. The van der Waals surface area contributed by atoms with Crippen LogP contribution in [0.15, 0.2) is 36.2 Å². The van der Waals surface area contributed by atoms with Crippen LogP contribution in [0, 0.1) is 6.92 Å². The molecule has 10 nitrogen and oxygen atoms in total. The largest absolute Gasteiger partial charge is 0.360 e. The highest BCUT2D eigenvalue weighted by Crippen LogP contribution is 2.29. The van der Waals surface area contributed by atoms with Crippen LogP contribution >= 0.6 is 11.3 Å². The summed E-state index contributed by atoms with van der Waals surface area (Å²) in [6, 6.07) is 3.00. The molecule has 38 heavy (non-hydrogen) atoms. The zero-order valence-corrected chi connectivity index (χ0v) is 25.2. The number of rotatable bonds is 12. The van der Waals surface area contributed by atoms with E-state index in [1.807, 2.05) is 73.4 Å². The van der Waals surface area contributed by atoms with Crippen molar-refractivity contribution < 1.29 is 9.53 Å². The van der Waals surface area contributed by atoms with E-state index in [4.69, 9.17) is 9.72 Å². The molecular formula is C26H38N8O2SSi. The highest BCUT2D eigenvalue weighted by Gasteiger charge is 2.17. The lowest BCUT2D eigenvalue weighted by Crippen LogP contribution is -2.33. The molecule has 0 bridgehead atoms. The summed E-state index contributed by atoms with van der Waals surface area (Å²) in [7, 11) is 4.71. The van der Waals surface area contributed by atoms with Gasteiger partial charge < -0.3 is 19.9 Å². The Morgan fingerprint density at radius 3 is 2.68 bits per heavy atom. The van der Waals surface area contributed by atoms with Crippen molar-refractivity contribution in [1.29, 1.82) is 0 Å². The highest BCUT2D eigenvalue weighted by molar-refractivity contribution is 7.14. The predicted molar refractivity (Wildman–Crippen MR) is 156 cm³/mol. The number of fused-ring (bicyclic) bond motifs is 1. The number of nitrogens with one attached hydrogen (secondary N) is 1. The fourth-order valence-electron chi connectivity index (χ4n) is 3.81. The standard InChI is InChI=1S/C26H38N8O2SSi/c1-19-15-34-22(21-13-28-33(16-21)18-36-10-11-38(5,6)7)14-27-25(34)24(29-19)30-23-12-20(17-37-23)26(35)32(4)9-8-31(2)3/h12-17H,8-11,18H2,1-7H3,(H,29,30). The number of nitrogens with zero attached hydrogens (tertiary/aromatic N) is 7. The first-order valence-electron chi connectivity index (χ1n) is 12.7. The molecule has 0 aliphatic heterocycles. The van der Waals surface area contributed by atoms with Crippen molar-refractivity contribution in [3.63, 3.8) is 0 Å². The second kappa shape index (κ2) is 11.8. The van der Waals surface area contributed by atoms with Gasteiger partial charge >= 0.3 is 0 Å². The summed E-state index contributed by atoms with van der Waals surface area (Å²) >= 11 is 1.48. The number of likely N-dealkylation sites (N-methyl/N-ethyl adjacent to an activating group) is 2. The first-order chi connectivity index (χ1) is 18.0. The van der Waals surface area contributed by atoms with Crippen LogP contribution in [0.3, 0.4) is 0 Å². The normalized spacial score (nSPS) is 12.0. The zero-order chi connectivity index (χ0) is 27.4. The van der Waals surface area contributed by atoms with Gasteiger partial charge in [-0.05, 0) is 33.1 Å². The van der Waals surface area contributed by atoms with Crippen molar-refractivity contribution in [2.45, 2.75) is 39.3 Å². The van der Waals surface area contributed by atoms with Gasteiger partial charge in [-0.25, -0.2) is 14.6 Å². The maximum atomic E-state index is 12.8. The van der Waals surface area contributed by atoms with Crippen LogP contribution in [-0.4, -0.2) is 88.8 Å². The molecule has 0 fully saturated rings. The monoisotopic (exact) mass is 554 g/mol. The molecule has 0 radical (unpaired) electrons. The van der Waals surface area contributed by atoms with Gasteiger partial charge in [0.25, 0.3) is 5.91 Å². The van der Waals surface area contributed by atoms with Crippen LogP contribution in [0.25, 0.3) is 16.9 Å². The molecule has 0 unspecified atom stereocenters. The minimum absolute atomic E-state index is 0.00284. The number of amides is 1. The number of hydrogen-bond donors (Lipinski definition) is 1. The fraction of sp³-hybridized carbons (Fsp3) is 0.462. The summed E-state index contributed by atoms with van der Waals surface area (Å²) in [4.78, 5) is 26.0. The van der Waals surface area contributed by atoms with E-state index >= 15 is 0 Å². The number of hydrogen-bond acceptors (Lipinski definition) is 8. The van der Waals surface area contributed by atoms with Crippen LogP contribution in [0.2, 0.25) is 25.7 Å². The summed E-state index contributed by atoms with van der Waals surface area (Å²) in [5, 5.41) is 10.6. The van der Waals surface area contributed by atoms with Gasteiger partial charge in [0.2, 0.25) is 0 Å². The Morgan fingerprint density at radius 2 is 1.95 bits per heavy atom. The second-order valence-electron chi connectivity index (χ2n) is 11.0. The van der Waals surface area contributed by atoms with E-state index in [9.17, 15) is 4.79 Å². The summed E-state index contributed by atoms with van der Waals surface area (Å²) in [5.74, 6) is 0.642. The number of thiophene rings is 1. The van der Waals surface area contributed by atoms with Gasteiger partial charge in [-0.15, -0.1) is 11.3 Å². The maximum Gasteiger partial charge on any atom is 0.254 e. The van der Waals surface area contributed by atoms with Crippen LogP contribution in [0.5, 0.6) is 0 Å². The minimum Gasteiger partial charge on any atom is -0.360 e. The van der Waals surface area contributed by atoms with Gasteiger partial charge in [-0.3, -0.25) is 9.20 Å². The average molecular weight is 555 g/mol. The van der Waals surface area contributed by atoms with Crippen LogP contribution in [0.1, 0.15) is 16.1 Å². The van der Waals surface area contributed by atoms with Crippen LogP contribution < -0.4 is 5.32 Å². The van der Waals surface area contributed by atoms with Crippen molar-refractivity contribution in [2.75, 3.05) is 46.2 Å². The van der Waals surface area contributed by atoms with Gasteiger partial charge in [-0.1, -0.05) is 19.6 Å². The van der Waals surface area contributed by atoms with E-state index in [1.165, 1.54) is 11.3 Å². The first-order valence-corrected chi connectivity index (χ1v) is 17.3. The summed E-state index contributed by atoms with van der Waals surface area (Å²) in [6.45, 7) is 11.6. The summed E-state index contributed by atoms with van der Waals surface area (Å²) in [6.07, 6.45) is 7.61. The van der Waals surface area contributed by atoms with Gasteiger partial charge in [0.15, 0.2) is 11.5 Å². The second-order valence-corrected chi connectivity index (χ2v) is 17.6. The van der Waals surface area contributed by atoms with E-state index in [1.54, 1.807) is 4.90 Å². The molecule has 4 rings (SSSR count). The molecule has 0 aliphatic carbocycles. The number of carbonyl (C=O) groups excluding carboxylic acids is 1. The number of anilines is 2. The van der Waals surface area contributed by atoms with Crippen LogP contribution in [-0.2, 0) is 11.5 Å². The number of aryl methyl sites for hydroxylation is 1. The molecule has 1 N–H and O–H groups in total. The number of carbonyl (C=O) groups is 1. The van der Waals surface area contributed by atoms with Crippen molar-refractivity contribution in [3.8, 4) is 11.3 Å². The molecule has 12 heteroatoms. The number of aromatic nitrogens is 5. The molecule has 0 spiro atoms. The Morgan fingerprint density at radius 1 is 1.16 bits per heavy atom. The van der Waals surface area contributed by atoms with Gasteiger partial charge in [0.05, 0.1) is 34.3 Å². The number of imidazole rings is 1. The molecule has 0 saturated carbocycles. The Bertz CT molecular complexity index is 1390. The van der Waals surface area contributed by atoms with Crippen molar-refractivity contribution in [3.05, 3.63) is 47.5 Å². The molecule has 0 saturated heterocycles. The average Bonchev–Trinajstić information content (AvgIpc) is 3.59. The predicted octanol–water partition coefficient (Wildman–Crippen LogP) is 4.65. The lowest BCUT2D eigenvalue weighted by molar-refractivity contribution is 0.0784. The van der Waals surface area contributed by atoms with Gasteiger partial charge in [0.1, 0.15) is 6.73 Å². The van der Waals surface area contributed by atoms with Crippen molar-refractivity contribution >= 4 is 41.8 Å². The molecule has 4 aromatic rings. The van der Waals surface area contributed by atoms with Crippen molar-refractivity contribution in [2.24, 2.45) is 0 Å². The fourth-order valence-corrected chi connectivity index (χ4v) is 5.34. The molecule has 0 aromatic carbocycles. The van der Waals surface area contributed by atoms with E-state index < -0.39 is 8.07 Å². The molecule has 4 aromatic heterocycles. The Labute approximate surface area is 229 Å². The molecule has 0 aliphatic rings. The minimum atomic E-state index is -1.12. The SMILES string of the molecule is Cc1cn2c(-c3cnn(COCC[Si](C)(C)C)c3)cnc2c(Nc2cc(C(=O)N(C)CCN(C)C)cs2)n1. The molecular weight excluding hydrogens is 516 g/mol. The van der Waals surface area contributed by atoms with E-state index in [0.717, 1.165) is 41.1 Å². The lowest BCUT2D eigenvalue weighted by Gasteiger charge is -2.19. The Balaban J connectivity index is 1.48. The Kier molecular flexibility index (Phi) is 8.66. The molecule has 204 valence electrons. The smallest absolute Gasteiger partial charge is 0.254 e. The molecule has 1 amide bonds. The number of ether oxygens (including phenoxy) is 1. The van der Waals surface area contributed by atoms with Crippen LogP contribution in [0.4, 0.5) is 10.8 Å². The zero-order valence-electron chi connectivity index (χ0n) is 23.4. The van der Waals surface area contributed by atoms with E-state index in [0.29, 0.717) is 30.3 Å². The Hall–Kier alpha value is -3.06. The topological polar surface area (TPSA) is 92.8 Å². The molecule has 4 heterocycles. The summed E-state index contributed by atoms with van der Waals surface area (Å²) < 4.78 is 9.67. The third-order valence-corrected chi connectivity index (χ3v) is 8.63. The van der Waals surface area contributed by atoms with Gasteiger partial charge in [-0.2, -0.15) is 5.10 Å². The van der Waals surface area contributed by atoms with Gasteiger partial charge in [0, 0.05) is 58.2 Å². The van der Waals surface area contributed by atoms with E-state index in [2.05, 4.69) is 39.9 Å². The van der Waals surface area contributed by atoms with E-state index in [-0.39, 0.29) is 5.91 Å². The quantitative estimate of drug-likeness (QED) is 0.201. The first kappa shape index (κ1) is 28.0. The summed E-state index contributed by atoms with van der Waals surface area (Å²) in [5.41, 5.74) is 4.08. The molecule has 0 atom stereocenters. The third kappa shape index (κ3) is 7.07. The third-order valence-electron chi connectivity index (χ3n) is 6.08. The highest BCUT2D eigenvalue weighted by atomic mass is 32.1.